The first kappa shape index (κ1) is 13.8. The summed E-state index contributed by atoms with van der Waals surface area (Å²) in [6, 6.07) is 6.21. The number of anilines is 1. The number of thiazole rings is 1. The van der Waals surface area contributed by atoms with E-state index in [0.29, 0.717) is 10.9 Å². The van der Waals surface area contributed by atoms with Crippen LogP contribution in [-0.4, -0.2) is 42.9 Å². The third-order valence-electron chi connectivity index (χ3n) is 3.73. The summed E-state index contributed by atoms with van der Waals surface area (Å²) in [5, 5.41) is 0.576. The average Bonchev–Trinajstić information content (AvgIpc) is 2.90. The summed E-state index contributed by atoms with van der Waals surface area (Å²) in [5.74, 6) is 0.589. The zero-order valence-corrected chi connectivity index (χ0v) is 12.9. The fourth-order valence-electron chi connectivity index (χ4n) is 2.63. The van der Waals surface area contributed by atoms with Crippen LogP contribution in [0.5, 0.6) is 0 Å². The molecule has 1 fully saturated rings. The molecule has 20 heavy (non-hydrogen) atoms. The summed E-state index contributed by atoms with van der Waals surface area (Å²) in [5.41, 5.74) is 7.78. The summed E-state index contributed by atoms with van der Waals surface area (Å²) in [4.78, 5) is 6.35. The Bertz CT molecular complexity index is 739. The predicted molar refractivity (Wildman–Crippen MR) is 82.6 cm³/mol. The molecule has 1 saturated heterocycles. The second-order valence-corrected chi connectivity index (χ2v) is 8.62. The zero-order valence-electron chi connectivity index (χ0n) is 11.2. The number of nitrogens with zero attached hydrogens (tertiary/aromatic N) is 2. The number of sulfone groups is 1. The molecule has 1 aromatic heterocycles. The SMILES string of the molecule is CN(Cc1ccc2nc(N)sc2c1)C1CCS(=O)(=O)C1. The van der Waals surface area contributed by atoms with Crippen molar-refractivity contribution in [3.63, 3.8) is 0 Å². The molecule has 3 rings (SSSR count). The molecule has 1 aliphatic heterocycles. The first-order valence-electron chi connectivity index (χ1n) is 6.48. The first-order valence-corrected chi connectivity index (χ1v) is 9.12. The molecule has 2 heterocycles. The number of aromatic nitrogens is 1. The van der Waals surface area contributed by atoms with Crippen LogP contribution in [0.4, 0.5) is 5.13 Å². The van der Waals surface area contributed by atoms with Crippen LogP contribution < -0.4 is 5.73 Å². The molecule has 0 radical (unpaired) electrons. The van der Waals surface area contributed by atoms with Gasteiger partial charge in [-0.05, 0) is 31.2 Å². The van der Waals surface area contributed by atoms with Crippen molar-refractivity contribution in [2.45, 2.75) is 19.0 Å². The highest BCUT2D eigenvalue weighted by Crippen LogP contribution is 2.26. The molecule has 0 spiro atoms. The molecular weight excluding hydrogens is 294 g/mol. The Labute approximate surface area is 122 Å². The predicted octanol–water partition coefficient (Wildman–Crippen LogP) is 1.50. The molecule has 1 aliphatic rings. The summed E-state index contributed by atoms with van der Waals surface area (Å²) < 4.78 is 24.1. The van der Waals surface area contributed by atoms with E-state index in [0.717, 1.165) is 28.7 Å². The van der Waals surface area contributed by atoms with Crippen LogP contribution in [0.1, 0.15) is 12.0 Å². The van der Waals surface area contributed by atoms with Crippen LogP contribution in [0.2, 0.25) is 0 Å². The molecular formula is C13H17N3O2S2. The Hall–Kier alpha value is -1.18. The van der Waals surface area contributed by atoms with E-state index in [-0.39, 0.29) is 11.8 Å². The van der Waals surface area contributed by atoms with Gasteiger partial charge in [0.05, 0.1) is 21.7 Å². The van der Waals surface area contributed by atoms with Gasteiger partial charge in [0.25, 0.3) is 0 Å². The van der Waals surface area contributed by atoms with Crippen molar-refractivity contribution < 1.29 is 8.42 Å². The maximum atomic E-state index is 11.5. The Balaban J connectivity index is 1.75. The molecule has 0 aliphatic carbocycles. The lowest BCUT2D eigenvalue weighted by Crippen LogP contribution is -2.32. The van der Waals surface area contributed by atoms with Crippen LogP contribution in [-0.2, 0) is 16.4 Å². The van der Waals surface area contributed by atoms with Gasteiger partial charge >= 0.3 is 0 Å². The van der Waals surface area contributed by atoms with E-state index in [1.807, 2.05) is 19.2 Å². The van der Waals surface area contributed by atoms with Crippen molar-refractivity contribution in [1.29, 1.82) is 0 Å². The minimum absolute atomic E-state index is 0.127. The Morgan fingerprint density at radius 1 is 1.50 bits per heavy atom. The number of nitrogen functional groups attached to an aromatic ring is 1. The summed E-state index contributed by atoms with van der Waals surface area (Å²) >= 11 is 1.48. The molecule has 1 unspecified atom stereocenters. The second-order valence-electron chi connectivity index (χ2n) is 5.33. The maximum Gasteiger partial charge on any atom is 0.181 e. The zero-order chi connectivity index (χ0) is 14.3. The molecule has 1 aromatic carbocycles. The van der Waals surface area contributed by atoms with E-state index in [1.54, 1.807) is 0 Å². The van der Waals surface area contributed by atoms with Crippen LogP contribution in [0.3, 0.4) is 0 Å². The minimum Gasteiger partial charge on any atom is -0.375 e. The van der Waals surface area contributed by atoms with Crippen LogP contribution >= 0.6 is 11.3 Å². The number of rotatable bonds is 3. The van der Waals surface area contributed by atoms with Gasteiger partial charge in [-0.2, -0.15) is 0 Å². The van der Waals surface area contributed by atoms with Crippen LogP contribution in [0, 0.1) is 0 Å². The lowest BCUT2D eigenvalue weighted by Gasteiger charge is -2.23. The van der Waals surface area contributed by atoms with Gasteiger partial charge in [0.15, 0.2) is 15.0 Å². The van der Waals surface area contributed by atoms with Gasteiger partial charge in [-0.15, -0.1) is 0 Å². The molecule has 0 amide bonds. The van der Waals surface area contributed by atoms with E-state index in [2.05, 4.69) is 16.0 Å². The topological polar surface area (TPSA) is 76.3 Å². The van der Waals surface area contributed by atoms with E-state index < -0.39 is 9.84 Å². The standard InChI is InChI=1S/C13H17N3O2S2/c1-16(10-4-5-20(17,18)8-10)7-9-2-3-11-12(6-9)19-13(14)15-11/h2-3,6,10H,4-5,7-8H2,1H3,(H2,14,15). The largest absolute Gasteiger partial charge is 0.375 e. The number of hydrogen-bond donors (Lipinski definition) is 1. The second kappa shape index (κ2) is 4.98. The van der Waals surface area contributed by atoms with Crippen molar-refractivity contribution in [2.24, 2.45) is 0 Å². The average molecular weight is 311 g/mol. The van der Waals surface area contributed by atoms with Crippen molar-refractivity contribution in [3.8, 4) is 0 Å². The maximum absolute atomic E-state index is 11.5. The lowest BCUT2D eigenvalue weighted by atomic mass is 10.1. The van der Waals surface area contributed by atoms with Crippen molar-refractivity contribution in [1.82, 2.24) is 9.88 Å². The van der Waals surface area contributed by atoms with Gasteiger partial charge in [-0.25, -0.2) is 13.4 Å². The van der Waals surface area contributed by atoms with Gasteiger partial charge in [0.2, 0.25) is 0 Å². The molecule has 2 aromatic rings. The quantitative estimate of drug-likeness (QED) is 0.929. The van der Waals surface area contributed by atoms with Crippen molar-refractivity contribution >= 4 is 36.5 Å². The third-order valence-corrected chi connectivity index (χ3v) is 6.33. The van der Waals surface area contributed by atoms with E-state index in [4.69, 9.17) is 5.73 Å². The fourth-order valence-corrected chi connectivity index (χ4v) is 5.23. The van der Waals surface area contributed by atoms with Crippen LogP contribution in [0.15, 0.2) is 18.2 Å². The highest BCUT2D eigenvalue weighted by molar-refractivity contribution is 7.91. The smallest absolute Gasteiger partial charge is 0.181 e. The van der Waals surface area contributed by atoms with Crippen molar-refractivity contribution in [2.75, 3.05) is 24.3 Å². The summed E-state index contributed by atoms with van der Waals surface area (Å²) in [6.45, 7) is 0.744. The lowest BCUT2D eigenvalue weighted by molar-refractivity contribution is 0.254. The molecule has 1 atom stereocenters. The van der Waals surface area contributed by atoms with Crippen LogP contribution in [0.25, 0.3) is 10.2 Å². The molecule has 5 nitrogen and oxygen atoms in total. The minimum atomic E-state index is -2.83. The Morgan fingerprint density at radius 2 is 2.30 bits per heavy atom. The van der Waals surface area contributed by atoms with Gasteiger partial charge in [0, 0.05) is 12.6 Å². The van der Waals surface area contributed by atoms with Gasteiger partial charge < -0.3 is 5.73 Å². The van der Waals surface area contributed by atoms with Gasteiger partial charge in [-0.1, -0.05) is 17.4 Å². The Kier molecular flexibility index (Phi) is 3.43. The monoisotopic (exact) mass is 311 g/mol. The summed E-state index contributed by atoms with van der Waals surface area (Å²) in [6.07, 6.45) is 0.731. The molecule has 108 valence electrons. The van der Waals surface area contributed by atoms with E-state index in [1.165, 1.54) is 11.3 Å². The third kappa shape index (κ3) is 2.79. The molecule has 0 bridgehead atoms. The van der Waals surface area contributed by atoms with Crippen molar-refractivity contribution in [3.05, 3.63) is 23.8 Å². The number of benzene rings is 1. The number of nitrogens with two attached hydrogens (primary N) is 1. The van der Waals surface area contributed by atoms with Gasteiger partial charge in [0.1, 0.15) is 0 Å². The summed E-state index contributed by atoms with van der Waals surface area (Å²) in [7, 11) is -0.847. The molecule has 2 N–H and O–H groups in total. The van der Waals surface area contributed by atoms with E-state index >= 15 is 0 Å². The number of fused-ring (bicyclic) bond motifs is 1. The Morgan fingerprint density at radius 3 is 3.00 bits per heavy atom. The fraction of sp³-hybridized carbons (Fsp3) is 0.462. The highest BCUT2D eigenvalue weighted by Gasteiger charge is 2.30. The first-order chi connectivity index (χ1) is 9.43. The normalized spacial score (nSPS) is 21.8. The highest BCUT2D eigenvalue weighted by atomic mass is 32.2. The molecule has 0 saturated carbocycles. The molecule has 7 heteroatoms. The van der Waals surface area contributed by atoms with Gasteiger partial charge in [-0.3, -0.25) is 4.90 Å². The van der Waals surface area contributed by atoms with E-state index in [9.17, 15) is 8.42 Å². The number of hydrogen-bond acceptors (Lipinski definition) is 6.